The maximum atomic E-state index is 5.88. The molecule has 5 heterocycles. The molecule has 230 valence electrons. The van der Waals surface area contributed by atoms with Crippen LogP contribution in [0.25, 0.3) is 33.8 Å². The first-order valence-corrected chi connectivity index (χ1v) is 15.5. The first kappa shape index (κ1) is 29.0. The number of hydrogen-bond donors (Lipinski definition) is 2. The van der Waals surface area contributed by atoms with Crippen molar-refractivity contribution in [1.82, 2.24) is 34.1 Å². The van der Waals surface area contributed by atoms with Gasteiger partial charge in [0, 0.05) is 23.4 Å². The van der Waals surface area contributed by atoms with Crippen LogP contribution in [-0.2, 0) is 0 Å². The quantitative estimate of drug-likeness (QED) is 0.199. The van der Waals surface area contributed by atoms with E-state index in [4.69, 9.17) is 10.5 Å². The van der Waals surface area contributed by atoms with Crippen LogP contribution in [0.4, 0.5) is 17.6 Å². The molecule has 10 heteroatoms. The van der Waals surface area contributed by atoms with Gasteiger partial charge < -0.3 is 15.8 Å². The molecule has 3 N–H and O–H groups in total. The van der Waals surface area contributed by atoms with Crippen molar-refractivity contribution in [1.29, 1.82) is 0 Å². The molecular weight excluding hydrogens is 574 g/mol. The Morgan fingerprint density at radius 3 is 1.85 bits per heavy atom. The molecular formula is C36H35N9O. The van der Waals surface area contributed by atoms with Crippen molar-refractivity contribution >= 4 is 28.9 Å². The number of rotatable bonds is 8. The van der Waals surface area contributed by atoms with E-state index < -0.39 is 0 Å². The van der Waals surface area contributed by atoms with Crippen molar-refractivity contribution in [2.75, 3.05) is 37.3 Å². The third-order valence-electron chi connectivity index (χ3n) is 7.86. The van der Waals surface area contributed by atoms with Gasteiger partial charge in [0.25, 0.3) is 0 Å². The van der Waals surface area contributed by atoms with E-state index in [1.165, 1.54) is 25.9 Å². The molecule has 10 nitrogen and oxygen atoms in total. The van der Waals surface area contributed by atoms with Crippen LogP contribution < -0.4 is 15.8 Å². The summed E-state index contributed by atoms with van der Waals surface area (Å²) in [6, 6.07) is 40.1. The number of benzene rings is 3. The summed E-state index contributed by atoms with van der Waals surface area (Å²) in [5.41, 5.74) is 12.3. The second kappa shape index (κ2) is 13.5. The Balaban J connectivity index is 0.000000177. The number of nitrogens with zero attached hydrogens (tertiary/aromatic N) is 7. The molecule has 0 saturated carbocycles. The summed E-state index contributed by atoms with van der Waals surface area (Å²) in [6.45, 7) is 4.12. The topological polar surface area (TPSA) is 111 Å². The molecule has 0 bridgehead atoms. The van der Waals surface area contributed by atoms with Gasteiger partial charge in [-0.05, 0) is 74.5 Å². The fourth-order valence-corrected chi connectivity index (χ4v) is 5.60. The Kier molecular flexibility index (Phi) is 8.51. The first-order valence-electron chi connectivity index (χ1n) is 15.5. The summed E-state index contributed by atoms with van der Waals surface area (Å²) < 4.78 is 9.50. The summed E-state index contributed by atoms with van der Waals surface area (Å²) in [6.07, 6.45) is 2.62. The molecule has 7 aromatic rings. The lowest BCUT2D eigenvalue weighted by Crippen LogP contribution is -2.25. The number of fused-ring (bicyclic) bond motifs is 2. The molecule has 0 spiro atoms. The number of nitrogens with two attached hydrogens (primary N) is 1. The number of aromatic nitrogens is 6. The zero-order valence-electron chi connectivity index (χ0n) is 25.4. The SMILES string of the molecule is Nc1nc2cccc(-c3ccccc3)n2n1.c1ccc(-c2cccc3nc(Nc4ccc(OCCN5CCCC5)cc4)nn23)cc1. The largest absolute Gasteiger partial charge is 0.492 e. The van der Waals surface area contributed by atoms with Crippen molar-refractivity contribution in [2.24, 2.45) is 0 Å². The molecule has 0 unspecified atom stereocenters. The van der Waals surface area contributed by atoms with Crippen molar-refractivity contribution < 1.29 is 4.74 Å². The van der Waals surface area contributed by atoms with E-state index >= 15 is 0 Å². The van der Waals surface area contributed by atoms with Gasteiger partial charge in [-0.2, -0.15) is 9.97 Å². The maximum absolute atomic E-state index is 5.88. The zero-order valence-corrected chi connectivity index (χ0v) is 25.4. The predicted octanol–water partition coefficient (Wildman–Crippen LogP) is 6.59. The molecule has 1 fully saturated rings. The van der Waals surface area contributed by atoms with Gasteiger partial charge in [-0.25, -0.2) is 9.03 Å². The van der Waals surface area contributed by atoms with Crippen molar-refractivity contribution in [3.8, 4) is 28.3 Å². The Labute approximate surface area is 267 Å². The lowest BCUT2D eigenvalue weighted by atomic mass is 10.1. The van der Waals surface area contributed by atoms with Gasteiger partial charge in [-0.1, -0.05) is 72.8 Å². The summed E-state index contributed by atoms with van der Waals surface area (Å²) in [4.78, 5) is 11.2. The van der Waals surface area contributed by atoms with Gasteiger partial charge in [-0.15, -0.1) is 10.2 Å². The Bertz CT molecular complexity index is 2020. The van der Waals surface area contributed by atoms with Crippen molar-refractivity contribution in [3.63, 3.8) is 0 Å². The normalized spacial score (nSPS) is 13.0. The summed E-state index contributed by atoms with van der Waals surface area (Å²) in [5, 5.41) is 12.1. The third kappa shape index (κ3) is 6.67. The standard InChI is InChI=1S/C24H25N5O.C12H10N4/c1-2-7-19(8-3-1)22-9-6-10-23-26-24(27-29(22)23)25-20-11-13-21(14-12-20)30-18-17-28-15-4-5-16-28;13-12-14-11-8-4-7-10(16(11)15-12)9-5-2-1-3-6-9/h1-3,6-14H,4-5,15-18H2,(H,25,27);1-8H,(H2,13,15). The van der Waals surface area contributed by atoms with E-state index in [1.54, 1.807) is 4.52 Å². The molecule has 0 aliphatic carbocycles. The van der Waals surface area contributed by atoms with Gasteiger partial charge in [0.15, 0.2) is 11.3 Å². The minimum Gasteiger partial charge on any atom is -0.492 e. The van der Waals surface area contributed by atoms with Crippen LogP contribution in [0.5, 0.6) is 5.75 Å². The van der Waals surface area contributed by atoms with E-state index in [0.29, 0.717) is 11.9 Å². The molecule has 0 amide bonds. The molecule has 4 aromatic heterocycles. The van der Waals surface area contributed by atoms with Crippen LogP contribution >= 0.6 is 0 Å². The van der Waals surface area contributed by atoms with Gasteiger partial charge in [0.1, 0.15) is 12.4 Å². The van der Waals surface area contributed by atoms with Gasteiger partial charge >= 0.3 is 0 Å². The summed E-state index contributed by atoms with van der Waals surface area (Å²) >= 11 is 0. The molecule has 3 aromatic carbocycles. The van der Waals surface area contributed by atoms with E-state index in [9.17, 15) is 0 Å². The maximum Gasteiger partial charge on any atom is 0.247 e. The van der Waals surface area contributed by atoms with Crippen LogP contribution in [0.3, 0.4) is 0 Å². The lowest BCUT2D eigenvalue weighted by molar-refractivity contribution is 0.238. The Hall–Kier alpha value is -5.74. The number of nitrogen functional groups attached to an aromatic ring is 1. The molecule has 1 saturated heterocycles. The van der Waals surface area contributed by atoms with Crippen LogP contribution in [0.15, 0.2) is 121 Å². The van der Waals surface area contributed by atoms with E-state index in [0.717, 1.165) is 58.4 Å². The molecule has 0 atom stereocenters. The third-order valence-corrected chi connectivity index (χ3v) is 7.86. The monoisotopic (exact) mass is 609 g/mol. The van der Waals surface area contributed by atoms with Gasteiger partial charge in [0.2, 0.25) is 11.9 Å². The second-order valence-corrected chi connectivity index (χ2v) is 11.0. The smallest absolute Gasteiger partial charge is 0.247 e. The Morgan fingerprint density at radius 1 is 0.630 bits per heavy atom. The summed E-state index contributed by atoms with van der Waals surface area (Å²) in [7, 11) is 0. The minimum atomic E-state index is 0.295. The number of hydrogen-bond acceptors (Lipinski definition) is 8. The van der Waals surface area contributed by atoms with Gasteiger partial charge in [-0.3, -0.25) is 4.90 Å². The molecule has 0 radical (unpaired) electrons. The highest BCUT2D eigenvalue weighted by molar-refractivity contribution is 5.65. The fourth-order valence-electron chi connectivity index (χ4n) is 5.60. The van der Waals surface area contributed by atoms with Crippen molar-refractivity contribution in [3.05, 3.63) is 121 Å². The molecule has 46 heavy (non-hydrogen) atoms. The average Bonchev–Trinajstić information content (AvgIpc) is 3.86. The average molecular weight is 610 g/mol. The lowest BCUT2D eigenvalue weighted by Gasteiger charge is -2.15. The fraction of sp³-hybridized carbons (Fsp3) is 0.167. The number of likely N-dealkylation sites (tertiary alicyclic amines) is 1. The van der Waals surface area contributed by atoms with E-state index in [1.807, 2.05) is 108 Å². The molecule has 1 aliphatic rings. The number of pyridine rings is 2. The second-order valence-electron chi connectivity index (χ2n) is 11.0. The van der Waals surface area contributed by atoms with Crippen LogP contribution in [0, 0.1) is 0 Å². The number of ether oxygens (including phenoxy) is 1. The molecule has 1 aliphatic heterocycles. The van der Waals surface area contributed by atoms with E-state index in [-0.39, 0.29) is 0 Å². The molecule has 8 rings (SSSR count). The zero-order chi connectivity index (χ0) is 31.1. The van der Waals surface area contributed by atoms with Gasteiger partial charge in [0.05, 0.1) is 11.4 Å². The number of nitrogens with one attached hydrogen (secondary N) is 1. The highest BCUT2D eigenvalue weighted by Crippen LogP contribution is 2.23. The highest BCUT2D eigenvalue weighted by Gasteiger charge is 2.12. The number of anilines is 3. The first-order chi connectivity index (χ1) is 22.7. The van der Waals surface area contributed by atoms with Crippen LogP contribution in [0.2, 0.25) is 0 Å². The summed E-state index contributed by atoms with van der Waals surface area (Å²) in [5.74, 6) is 1.75. The minimum absolute atomic E-state index is 0.295. The van der Waals surface area contributed by atoms with Crippen LogP contribution in [0.1, 0.15) is 12.8 Å². The predicted molar refractivity (Wildman–Crippen MR) is 182 cm³/mol. The van der Waals surface area contributed by atoms with E-state index in [2.05, 4.69) is 48.6 Å². The van der Waals surface area contributed by atoms with Crippen LogP contribution in [-0.4, -0.2) is 60.3 Å². The highest BCUT2D eigenvalue weighted by atomic mass is 16.5. The Morgan fingerprint density at radius 2 is 1.22 bits per heavy atom. The van der Waals surface area contributed by atoms with Crippen molar-refractivity contribution in [2.45, 2.75) is 12.8 Å².